The van der Waals surface area contributed by atoms with Crippen LogP contribution in [-0.2, 0) is 4.79 Å². The van der Waals surface area contributed by atoms with E-state index in [9.17, 15) is 18.7 Å². The van der Waals surface area contributed by atoms with Crippen molar-refractivity contribution in [1.29, 1.82) is 0 Å². The first-order valence-electron chi connectivity index (χ1n) is 5.58. The van der Waals surface area contributed by atoms with Crippen molar-refractivity contribution in [3.63, 3.8) is 0 Å². The van der Waals surface area contributed by atoms with E-state index in [2.05, 4.69) is 0 Å². The number of hydrogen-bond acceptors (Lipinski definition) is 2. The number of carbonyl (C=O) groups is 1. The van der Waals surface area contributed by atoms with Crippen LogP contribution in [0, 0.1) is 5.92 Å². The highest BCUT2D eigenvalue weighted by molar-refractivity contribution is 5.86. The Kier molecular flexibility index (Phi) is 6.41. The van der Waals surface area contributed by atoms with Crippen LogP contribution in [0.25, 0.3) is 0 Å². The molecule has 0 aromatic carbocycles. The molecule has 0 aliphatic rings. The molecule has 0 fully saturated rings. The van der Waals surface area contributed by atoms with Crippen molar-refractivity contribution in [1.82, 2.24) is 0 Å². The van der Waals surface area contributed by atoms with E-state index in [4.69, 9.17) is 0 Å². The Morgan fingerprint density at radius 1 is 1.44 bits per heavy atom. The molecule has 0 saturated heterocycles. The van der Waals surface area contributed by atoms with Crippen molar-refractivity contribution in [2.45, 2.75) is 52.1 Å². The van der Waals surface area contributed by atoms with Gasteiger partial charge in [-0.15, -0.1) is 0 Å². The van der Waals surface area contributed by atoms with Crippen LogP contribution in [0.2, 0.25) is 0 Å². The van der Waals surface area contributed by atoms with Crippen molar-refractivity contribution in [3.05, 3.63) is 12.2 Å². The lowest BCUT2D eigenvalue weighted by Crippen LogP contribution is -2.40. The fourth-order valence-electron chi connectivity index (χ4n) is 1.18. The summed E-state index contributed by atoms with van der Waals surface area (Å²) in [6.45, 7) is 5.28. The van der Waals surface area contributed by atoms with Gasteiger partial charge in [-0.2, -0.15) is 8.78 Å². The van der Waals surface area contributed by atoms with Crippen LogP contribution in [0.1, 0.15) is 40.0 Å². The molecule has 0 spiro atoms. The average Bonchev–Trinajstić information content (AvgIpc) is 2.16. The molecular weight excluding hydrogens is 214 g/mol. The van der Waals surface area contributed by atoms with E-state index in [1.54, 1.807) is 13.8 Å². The number of carbonyl (C=O) groups excluding carboxylic acids is 1. The SMILES string of the molecule is CCCC=CC(O)C(F)(F)C(=O)CC(C)C. The van der Waals surface area contributed by atoms with E-state index in [1.807, 2.05) is 6.92 Å². The summed E-state index contributed by atoms with van der Waals surface area (Å²) in [7, 11) is 0. The zero-order valence-corrected chi connectivity index (χ0v) is 10.0. The van der Waals surface area contributed by atoms with Gasteiger partial charge in [0.25, 0.3) is 0 Å². The maximum absolute atomic E-state index is 13.3. The van der Waals surface area contributed by atoms with Gasteiger partial charge in [0.2, 0.25) is 5.78 Å². The highest BCUT2D eigenvalue weighted by Gasteiger charge is 2.44. The predicted molar refractivity (Wildman–Crippen MR) is 59.5 cm³/mol. The van der Waals surface area contributed by atoms with Gasteiger partial charge in [0.05, 0.1) is 0 Å². The summed E-state index contributed by atoms with van der Waals surface area (Å²) in [6.07, 6.45) is 1.68. The molecule has 0 rings (SSSR count). The fourth-order valence-corrected chi connectivity index (χ4v) is 1.18. The molecule has 94 valence electrons. The molecular formula is C12H20F2O2. The molecule has 4 heteroatoms. The van der Waals surface area contributed by atoms with Gasteiger partial charge in [0.15, 0.2) is 0 Å². The number of alkyl halides is 2. The predicted octanol–water partition coefficient (Wildman–Crippen LogP) is 2.95. The van der Waals surface area contributed by atoms with Gasteiger partial charge in [0.1, 0.15) is 6.10 Å². The Hall–Kier alpha value is -0.770. The summed E-state index contributed by atoms with van der Waals surface area (Å²) in [5.41, 5.74) is 0. The largest absolute Gasteiger partial charge is 0.382 e. The third kappa shape index (κ3) is 4.84. The van der Waals surface area contributed by atoms with E-state index in [1.165, 1.54) is 6.08 Å². The normalized spacial score (nSPS) is 14.7. The quantitative estimate of drug-likeness (QED) is 0.688. The minimum Gasteiger partial charge on any atom is -0.382 e. The van der Waals surface area contributed by atoms with Crippen LogP contribution in [0.3, 0.4) is 0 Å². The highest BCUT2D eigenvalue weighted by Crippen LogP contribution is 2.24. The molecule has 0 amide bonds. The van der Waals surface area contributed by atoms with E-state index in [0.29, 0.717) is 6.42 Å². The van der Waals surface area contributed by atoms with E-state index in [-0.39, 0.29) is 12.3 Å². The second-order valence-corrected chi connectivity index (χ2v) is 4.31. The lowest BCUT2D eigenvalue weighted by atomic mass is 9.99. The van der Waals surface area contributed by atoms with Crippen molar-refractivity contribution in [2.75, 3.05) is 0 Å². The molecule has 0 radical (unpaired) electrons. The maximum atomic E-state index is 13.3. The molecule has 1 unspecified atom stereocenters. The first-order valence-corrected chi connectivity index (χ1v) is 5.58. The van der Waals surface area contributed by atoms with Crippen LogP contribution >= 0.6 is 0 Å². The average molecular weight is 234 g/mol. The first kappa shape index (κ1) is 15.2. The Bertz CT molecular complexity index is 247. The van der Waals surface area contributed by atoms with Crippen LogP contribution in [0.15, 0.2) is 12.2 Å². The number of aliphatic hydroxyl groups is 1. The molecule has 2 nitrogen and oxygen atoms in total. The van der Waals surface area contributed by atoms with Crippen molar-refractivity contribution >= 4 is 5.78 Å². The summed E-state index contributed by atoms with van der Waals surface area (Å²) in [5.74, 6) is -5.00. The first-order chi connectivity index (χ1) is 7.32. The van der Waals surface area contributed by atoms with Gasteiger partial charge in [-0.25, -0.2) is 0 Å². The molecule has 1 N–H and O–H groups in total. The van der Waals surface area contributed by atoms with Crippen LogP contribution in [0.5, 0.6) is 0 Å². The van der Waals surface area contributed by atoms with Crippen molar-refractivity contribution < 1.29 is 18.7 Å². The van der Waals surface area contributed by atoms with Crippen molar-refractivity contribution in [2.24, 2.45) is 5.92 Å². The zero-order valence-electron chi connectivity index (χ0n) is 10.0. The standard InChI is InChI=1S/C12H20F2O2/c1-4-5-6-7-10(15)12(13,14)11(16)8-9(2)3/h6-7,9-10,15H,4-5,8H2,1-3H3. The molecule has 0 aliphatic carbocycles. The molecule has 0 aromatic rings. The van der Waals surface area contributed by atoms with Crippen LogP contribution in [-0.4, -0.2) is 22.9 Å². The second kappa shape index (κ2) is 6.74. The van der Waals surface area contributed by atoms with Crippen LogP contribution in [0.4, 0.5) is 8.78 Å². The topological polar surface area (TPSA) is 37.3 Å². The molecule has 0 heterocycles. The molecule has 0 saturated carbocycles. The zero-order chi connectivity index (χ0) is 12.8. The number of halogens is 2. The minimum atomic E-state index is -3.67. The monoisotopic (exact) mass is 234 g/mol. The van der Waals surface area contributed by atoms with Gasteiger partial charge in [-0.1, -0.05) is 39.3 Å². The number of unbranched alkanes of at least 4 members (excludes halogenated alkanes) is 1. The highest BCUT2D eigenvalue weighted by atomic mass is 19.3. The second-order valence-electron chi connectivity index (χ2n) is 4.31. The summed E-state index contributed by atoms with van der Waals surface area (Å²) >= 11 is 0. The minimum absolute atomic E-state index is 0.134. The molecule has 16 heavy (non-hydrogen) atoms. The third-order valence-electron chi connectivity index (χ3n) is 2.11. The maximum Gasteiger partial charge on any atom is 0.333 e. The molecule has 0 aromatic heterocycles. The van der Waals surface area contributed by atoms with Gasteiger partial charge in [-0.05, 0) is 12.3 Å². The molecule has 1 atom stereocenters. The fraction of sp³-hybridized carbons (Fsp3) is 0.750. The summed E-state index contributed by atoms with van der Waals surface area (Å²) in [5, 5.41) is 9.23. The Labute approximate surface area is 95.4 Å². The summed E-state index contributed by atoms with van der Waals surface area (Å²) in [4.78, 5) is 11.2. The smallest absolute Gasteiger partial charge is 0.333 e. The van der Waals surface area contributed by atoms with Gasteiger partial charge < -0.3 is 5.11 Å². The number of Topliss-reactive ketones (excluding diaryl/α,β-unsaturated/α-hetero) is 1. The number of hydrogen-bond donors (Lipinski definition) is 1. The van der Waals surface area contributed by atoms with E-state index >= 15 is 0 Å². The third-order valence-corrected chi connectivity index (χ3v) is 2.11. The number of rotatable bonds is 7. The Balaban J connectivity index is 4.45. The molecule has 0 bridgehead atoms. The summed E-state index contributed by atoms with van der Waals surface area (Å²) < 4.78 is 26.7. The van der Waals surface area contributed by atoms with E-state index < -0.39 is 17.8 Å². The lowest BCUT2D eigenvalue weighted by Gasteiger charge is -2.19. The van der Waals surface area contributed by atoms with Gasteiger partial charge >= 0.3 is 5.92 Å². The Morgan fingerprint density at radius 2 is 2.00 bits per heavy atom. The Morgan fingerprint density at radius 3 is 2.44 bits per heavy atom. The van der Waals surface area contributed by atoms with E-state index in [0.717, 1.165) is 12.5 Å². The summed E-state index contributed by atoms with van der Waals surface area (Å²) in [6, 6.07) is 0. The number of ketones is 1. The number of aliphatic hydroxyl groups excluding tert-OH is 1. The van der Waals surface area contributed by atoms with Crippen molar-refractivity contribution in [3.8, 4) is 0 Å². The van der Waals surface area contributed by atoms with Crippen LogP contribution < -0.4 is 0 Å². The molecule has 0 aliphatic heterocycles. The van der Waals surface area contributed by atoms with Gasteiger partial charge in [0, 0.05) is 6.42 Å². The van der Waals surface area contributed by atoms with Gasteiger partial charge in [-0.3, -0.25) is 4.79 Å². The lowest BCUT2D eigenvalue weighted by molar-refractivity contribution is -0.156. The number of allylic oxidation sites excluding steroid dienone is 1.